The quantitative estimate of drug-likeness (QED) is 0.250. The summed E-state index contributed by atoms with van der Waals surface area (Å²) >= 11 is 0. The molecule has 0 aliphatic carbocycles. The zero-order valence-corrected chi connectivity index (χ0v) is 16.8. The topological polar surface area (TPSA) is 150 Å². The first kappa shape index (κ1) is 23.3. The minimum absolute atomic E-state index is 0.150. The van der Waals surface area contributed by atoms with Crippen LogP contribution in [0.15, 0.2) is 35.3 Å². The summed E-state index contributed by atoms with van der Waals surface area (Å²) in [5, 5.41) is 31.0. The maximum Gasteiger partial charge on any atom is 0.256 e. The van der Waals surface area contributed by atoms with Gasteiger partial charge in [0.25, 0.3) is 5.91 Å². The molecule has 1 amide bonds. The third-order valence-electron chi connectivity index (χ3n) is 4.72. The lowest BCUT2D eigenvalue weighted by molar-refractivity contribution is -0.0752. The van der Waals surface area contributed by atoms with Gasteiger partial charge in [-0.2, -0.15) is 5.34 Å². The molecule has 0 bridgehead atoms. The number of nitrogens with zero attached hydrogens (tertiary/aromatic N) is 3. The van der Waals surface area contributed by atoms with Crippen LogP contribution in [0.1, 0.15) is 15.9 Å². The van der Waals surface area contributed by atoms with E-state index in [9.17, 15) is 28.3 Å². The van der Waals surface area contributed by atoms with Crippen molar-refractivity contribution in [2.24, 2.45) is 10.7 Å². The van der Waals surface area contributed by atoms with Crippen LogP contribution in [0.5, 0.6) is 0 Å². The predicted molar refractivity (Wildman–Crippen MR) is 108 cm³/mol. The fourth-order valence-corrected chi connectivity index (χ4v) is 3.15. The van der Waals surface area contributed by atoms with Gasteiger partial charge in [0, 0.05) is 0 Å². The second-order valence-electron chi connectivity index (χ2n) is 7.36. The van der Waals surface area contributed by atoms with Gasteiger partial charge >= 0.3 is 0 Å². The number of hydrogen-bond donors (Lipinski definition) is 5. The summed E-state index contributed by atoms with van der Waals surface area (Å²) in [4.78, 5) is 17.7. The van der Waals surface area contributed by atoms with E-state index in [1.165, 1.54) is 12.1 Å². The van der Waals surface area contributed by atoms with Crippen molar-refractivity contribution in [1.82, 2.24) is 15.7 Å². The van der Waals surface area contributed by atoms with Gasteiger partial charge in [0.05, 0.1) is 36.6 Å². The third-order valence-corrected chi connectivity index (χ3v) is 4.72. The number of guanidine groups is 1. The van der Waals surface area contributed by atoms with Crippen LogP contribution >= 0.6 is 0 Å². The number of hydrogen-bond acceptors (Lipinski definition) is 7. The molecular weight excluding hydrogens is 433 g/mol. The monoisotopic (exact) mass is 453 g/mol. The van der Waals surface area contributed by atoms with Crippen LogP contribution in [0.3, 0.4) is 0 Å². The van der Waals surface area contributed by atoms with Gasteiger partial charge in [0.15, 0.2) is 11.6 Å². The number of rotatable bonds is 6. The summed E-state index contributed by atoms with van der Waals surface area (Å²) in [6, 6.07) is 5.91. The molecule has 0 unspecified atom stereocenters. The van der Waals surface area contributed by atoms with E-state index in [-0.39, 0.29) is 30.9 Å². The van der Waals surface area contributed by atoms with E-state index in [2.05, 4.69) is 10.3 Å². The van der Waals surface area contributed by atoms with Crippen LogP contribution in [-0.2, 0) is 0 Å². The molecule has 0 spiro atoms. The van der Waals surface area contributed by atoms with Crippen molar-refractivity contribution in [3.63, 3.8) is 0 Å². The Morgan fingerprint density at radius 2 is 1.97 bits per heavy atom. The number of carbonyl (C=O) groups excluding carboxylic acids is 1. The maximum atomic E-state index is 14.5. The van der Waals surface area contributed by atoms with E-state index in [0.29, 0.717) is 5.56 Å². The fraction of sp³-hybridized carbons (Fsp3) is 0.263. The molecule has 1 saturated heterocycles. The van der Waals surface area contributed by atoms with Gasteiger partial charge in [-0.1, -0.05) is 6.07 Å². The van der Waals surface area contributed by atoms with Crippen molar-refractivity contribution in [3.05, 3.63) is 64.1 Å². The molecule has 1 aliphatic heterocycles. The summed E-state index contributed by atoms with van der Waals surface area (Å²) in [5.41, 5.74) is 5.22. The van der Waals surface area contributed by atoms with Gasteiger partial charge in [-0.05, 0) is 36.8 Å². The number of aryl methyl sites for hydroxylation is 1. The Hall–Kier alpha value is -3.39. The highest BCUT2D eigenvalue weighted by molar-refractivity contribution is 6.01. The Balaban J connectivity index is 1.77. The van der Waals surface area contributed by atoms with Crippen LogP contribution in [0.4, 0.5) is 24.5 Å². The highest BCUT2D eigenvalue weighted by Gasteiger charge is 2.44. The number of nitrogens with one attached hydrogen (secondary N) is 2. The van der Waals surface area contributed by atoms with Crippen LogP contribution in [0.25, 0.3) is 0 Å². The molecule has 13 heteroatoms. The van der Waals surface area contributed by atoms with Crippen LogP contribution in [-0.4, -0.2) is 57.7 Å². The molecule has 6 N–H and O–H groups in total. The number of carbonyl (C=O) groups is 1. The number of benzene rings is 2. The van der Waals surface area contributed by atoms with Crippen LogP contribution < -0.4 is 16.5 Å². The molecule has 1 aliphatic rings. The highest BCUT2D eigenvalue weighted by Crippen LogP contribution is 2.31. The second-order valence-corrected chi connectivity index (χ2v) is 7.36. The van der Waals surface area contributed by atoms with Gasteiger partial charge in [-0.25, -0.2) is 18.2 Å². The summed E-state index contributed by atoms with van der Waals surface area (Å²) in [6.45, 7) is 0.908. The number of β-amino-alcohol motifs (C(OH)–C–C–N with tert-alkyl or cyclic N) is 1. The van der Waals surface area contributed by atoms with E-state index in [0.717, 1.165) is 17.0 Å². The van der Waals surface area contributed by atoms with E-state index in [1.807, 2.05) is 0 Å². The summed E-state index contributed by atoms with van der Waals surface area (Å²) < 4.78 is 42.5. The lowest BCUT2D eigenvalue weighted by Gasteiger charge is -2.45. The number of aliphatic imine (C=N–C) groups is 1. The summed E-state index contributed by atoms with van der Waals surface area (Å²) in [7, 11) is 0. The molecule has 32 heavy (non-hydrogen) atoms. The number of hydrazine groups is 1. The van der Waals surface area contributed by atoms with Gasteiger partial charge in [0.1, 0.15) is 11.4 Å². The smallest absolute Gasteiger partial charge is 0.256 e. The minimum atomic E-state index is -1.49. The van der Waals surface area contributed by atoms with Crippen molar-refractivity contribution in [2.45, 2.75) is 12.5 Å². The summed E-state index contributed by atoms with van der Waals surface area (Å²) in [6.07, 6.45) is 0. The Labute approximate surface area is 180 Å². The van der Waals surface area contributed by atoms with Gasteiger partial charge in [0.2, 0.25) is 5.96 Å². The number of likely N-dealkylation sites (tertiary alicyclic amines) is 1. The molecule has 2 aromatic rings. The number of amides is 1. The first-order valence-electron chi connectivity index (χ1n) is 9.24. The Morgan fingerprint density at radius 3 is 2.59 bits per heavy atom. The molecule has 0 radical (unpaired) electrons. The standard InChI is InChI=1S/C19H20F3N6O4/c1-10-2-5-14(13(21)6-10)25-16-11(3-4-12(20)15(16)22)17(29)27-8-19(30,9-27)7-24-18(23)26-28(31)32/h2-6,25,30-31H,7-9H2,1H3,(H3,23,24,26)/q-1. The molecule has 2 aromatic carbocycles. The maximum absolute atomic E-state index is 14.5. The first-order valence-corrected chi connectivity index (χ1v) is 9.24. The largest absolute Gasteiger partial charge is 0.744 e. The predicted octanol–water partition coefficient (Wildman–Crippen LogP) is 1.35. The minimum Gasteiger partial charge on any atom is -0.744 e. The second kappa shape index (κ2) is 9.00. The van der Waals surface area contributed by atoms with Crippen LogP contribution in [0, 0.1) is 29.6 Å². The molecule has 1 fully saturated rings. The van der Waals surface area contributed by atoms with Crippen molar-refractivity contribution in [3.8, 4) is 0 Å². The first-order chi connectivity index (χ1) is 15.0. The Bertz CT molecular complexity index is 1060. The van der Waals surface area contributed by atoms with Crippen LogP contribution in [0.2, 0.25) is 0 Å². The average molecular weight is 453 g/mol. The third kappa shape index (κ3) is 5.08. The molecule has 172 valence electrons. The lowest BCUT2D eigenvalue weighted by atomic mass is 9.93. The molecule has 1 heterocycles. The highest BCUT2D eigenvalue weighted by atomic mass is 19.2. The zero-order chi connectivity index (χ0) is 23.6. The van der Waals surface area contributed by atoms with E-state index < -0.39 is 45.9 Å². The van der Waals surface area contributed by atoms with Gasteiger partial charge in [-0.3, -0.25) is 10.2 Å². The molecule has 0 saturated carbocycles. The summed E-state index contributed by atoms with van der Waals surface area (Å²) in [5.74, 6) is -4.51. The number of nitrogens with two attached hydrogens (primary N) is 1. The number of anilines is 2. The molecule has 3 rings (SSSR count). The SMILES string of the molecule is Cc1ccc(Nc2c(C(=O)N3CC(O)(CN=C(N)NN([O-])O)C3)ccc(F)c2F)c(F)c1. The molecular formula is C19H20F3N6O4-. The molecule has 0 atom stereocenters. The lowest BCUT2D eigenvalue weighted by Crippen LogP contribution is -2.65. The van der Waals surface area contributed by atoms with Crippen molar-refractivity contribution < 1.29 is 28.3 Å². The van der Waals surface area contributed by atoms with Crippen molar-refractivity contribution in [2.75, 3.05) is 25.0 Å². The van der Waals surface area contributed by atoms with E-state index in [1.54, 1.807) is 18.4 Å². The van der Waals surface area contributed by atoms with Crippen molar-refractivity contribution >= 4 is 23.2 Å². The van der Waals surface area contributed by atoms with Gasteiger partial charge in [-0.15, -0.1) is 0 Å². The number of halogens is 3. The zero-order valence-electron chi connectivity index (χ0n) is 16.8. The van der Waals surface area contributed by atoms with E-state index in [4.69, 9.17) is 10.9 Å². The average Bonchev–Trinajstić information content (AvgIpc) is 2.68. The van der Waals surface area contributed by atoms with Crippen molar-refractivity contribution in [1.29, 1.82) is 0 Å². The fourth-order valence-electron chi connectivity index (χ4n) is 3.15. The van der Waals surface area contributed by atoms with E-state index >= 15 is 0 Å². The Morgan fingerprint density at radius 1 is 1.28 bits per heavy atom. The normalized spacial score (nSPS) is 15.5. The number of aliphatic hydroxyl groups is 1. The van der Waals surface area contributed by atoms with Gasteiger partial charge < -0.3 is 31.5 Å². The molecule has 0 aromatic heterocycles. The molecule has 10 nitrogen and oxygen atoms in total. The Kier molecular flexibility index (Phi) is 6.55.